The van der Waals surface area contributed by atoms with Crippen LogP contribution in [0.1, 0.15) is 31.4 Å². The molecule has 9 heteroatoms. The molecule has 0 saturated heterocycles. The predicted octanol–water partition coefficient (Wildman–Crippen LogP) is 5.62. The van der Waals surface area contributed by atoms with Crippen molar-refractivity contribution in [3.63, 3.8) is 0 Å². The Kier molecular flexibility index (Phi) is 7.19. The van der Waals surface area contributed by atoms with Crippen molar-refractivity contribution < 1.29 is 24.0 Å². The molecule has 0 fully saturated rings. The van der Waals surface area contributed by atoms with Crippen molar-refractivity contribution in [2.24, 2.45) is 0 Å². The number of rotatable bonds is 11. The van der Waals surface area contributed by atoms with Gasteiger partial charge in [0.15, 0.2) is 11.2 Å². The molecule has 186 valence electrons. The average molecular weight is 490 g/mol. The van der Waals surface area contributed by atoms with E-state index < -0.39 is 16.5 Å². The number of nitrogens with zero attached hydrogens (tertiary/aromatic N) is 3. The number of oxazole rings is 1. The fourth-order valence-corrected chi connectivity index (χ4v) is 3.85. The number of carboxylic acid groups (broad SMARTS) is 1. The van der Waals surface area contributed by atoms with Crippen LogP contribution in [0.15, 0.2) is 77.2 Å². The van der Waals surface area contributed by atoms with Crippen molar-refractivity contribution >= 4 is 28.8 Å². The van der Waals surface area contributed by atoms with E-state index in [4.69, 9.17) is 9.15 Å². The molecule has 1 heterocycles. The Morgan fingerprint density at radius 1 is 1.06 bits per heavy atom. The number of hydrogen-bond donors (Lipinski definition) is 1. The zero-order valence-electron chi connectivity index (χ0n) is 20.1. The molecular formula is C27H27N3O6. The second-order valence-electron chi connectivity index (χ2n) is 8.90. The van der Waals surface area contributed by atoms with Crippen LogP contribution in [-0.4, -0.2) is 33.1 Å². The van der Waals surface area contributed by atoms with Crippen molar-refractivity contribution in [2.45, 2.75) is 38.8 Å². The van der Waals surface area contributed by atoms with Crippen LogP contribution in [0.2, 0.25) is 0 Å². The minimum Gasteiger partial charge on any atom is -0.478 e. The summed E-state index contributed by atoms with van der Waals surface area (Å²) in [4.78, 5) is 29.2. The average Bonchev–Trinajstić information content (AvgIpc) is 3.28. The lowest BCUT2D eigenvalue weighted by Gasteiger charge is -2.24. The molecule has 3 aromatic carbocycles. The van der Waals surface area contributed by atoms with Crippen molar-refractivity contribution in [2.75, 3.05) is 11.4 Å². The summed E-state index contributed by atoms with van der Waals surface area (Å²) < 4.78 is 11.8. The van der Waals surface area contributed by atoms with Gasteiger partial charge in [-0.1, -0.05) is 48.5 Å². The number of ether oxygens (including phenoxy) is 1. The number of benzene rings is 3. The maximum Gasteiger partial charge on any atom is 0.347 e. The van der Waals surface area contributed by atoms with Gasteiger partial charge in [-0.05, 0) is 50.5 Å². The molecule has 9 nitrogen and oxygen atoms in total. The number of hydrogen-bond acceptors (Lipinski definition) is 7. The van der Waals surface area contributed by atoms with Crippen molar-refractivity contribution in [3.05, 3.63) is 94.0 Å². The number of fused-ring (bicyclic) bond motifs is 1. The molecule has 0 aliphatic carbocycles. The topological polar surface area (TPSA) is 119 Å². The van der Waals surface area contributed by atoms with Gasteiger partial charge in [-0.25, -0.2) is 4.79 Å². The molecule has 0 spiro atoms. The van der Waals surface area contributed by atoms with Gasteiger partial charge in [-0.3, -0.25) is 10.1 Å². The number of anilines is 1. The molecule has 0 aliphatic rings. The van der Waals surface area contributed by atoms with Gasteiger partial charge in [-0.15, -0.1) is 0 Å². The minimum atomic E-state index is -1.37. The summed E-state index contributed by atoms with van der Waals surface area (Å²) in [6.45, 7) is 3.76. The SMILES string of the molecule is CC(C)(Oc1ccccc1CCCN(Cc1ccccc1[N+](=O)[O-])c1nc2ccccc2o1)C(=O)O. The van der Waals surface area contributed by atoms with E-state index in [2.05, 4.69) is 4.98 Å². The number of nitro groups is 1. The van der Waals surface area contributed by atoms with Gasteiger partial charge < -0.3 is 19.2 Å². The van der Waals surface area contributed by atoms with Crippen molar-refractivity contribution in [1.29, 1.82) is 0 Å². The minimum absolute atomic E-state index is 0.0354. The first-order chi connectivity index (χ1) is 17.2. The summed E-state index contributed by atoms with van der Waals surface area (Å²) in [7, 11) is 0. The van der Waals surface area contributed by atoms with Crippen molar-refractivity contribution in [3.8, 4) is 5.75 Å². The Labute approximate surface area is 208 Å². The molecule has 4 rings (SSSR count). The normalized spacial score (nSPS) is 11.4. The zero-order chi connectivity index (χ0) is 25.7. The van der Waals surface area contributed by atoms with E-state index in [0.717, 1.165) is 5.56 Å². The monoisotopic (exact) mass is 489 g/mol. The number of aromatic nitrogens is 1. The molecule has 0 amide bonds. The Morgan fingerprint density at radius 2 is 1.72 bits per heavy atom. The maximum absolute atomic E-state index is 11.6. The molecule has 1 N–H and O–H groups in total. The fourth-order valence-electron chi connectivity index (χ4n) is 3.85. The van der Waals surface area contributed by atoms with Crippen LogP contribution in [0, 0.1) is 10.1 Å². The fraction of sp³-hybridized carbons (Fsp3) is 0.259. The molecule has 0 aliphatic heterocycles. The van der Waals surface area contributed by atoms with Gasteiger partial charge in [-0.2, -0.15) is 4.98 Å². The Balaban J connectivity index is 1.56. The summed E-state index contributed by atoms with van der Waals surface area (Å²) >= 11 is 0. The standard InChI is InChI=1S/C27H27N3O6/c1-27(2,25(31)32)36-23-15-7-4-10-19(23)12-9-17-29(18-20-11-3-6-14-22(20)30(33)34)26-28-21-13-5-8-16-24(21)35-26/h3-8,10-11,13-16H,9,12,17-18H2,1-2H3,(H,31,32). The quantitative estimate of drug-likeness (QED) is 0.213. The van der Waals surface area contributed by atoms with Crippen LogP contribution in [-0.2, 0) is 17.8 Å². The van der Waals surface area contributed by atoms with Crippen LogP contribution in [0.25, 0.3) is 11.1 Å². The van der Waals surface area contributed by atoms with E-state index in [1.165, 1.54) is 19.9 Å². The summed E-state index contributed by atoms with van der Waals surface area (Å²) in [5.41, 5.74) is 1.43. The smallest absolute Gasteiger partial charge is 0.347 e. The lowest BCUT2D eigenvalue weighted by Crippen LogP contribution is -2.38. The third kappa shape index (κ3) is 5.63. The molecule has 0 saturated carbocycles. The molecular weight excluding hydrogens is 462 g/mol. The molecule has 4 aromatic rings. The van der Waals surface area contributed by atoms with Gasteiger partial charge >= 0.3 is 5.97 Å². The van der Waals surface area contributed by atoms with Crippen LogP contribution in [0.5, 0.6) is 5.75 Å². The number of aryl methyl sites for hydroxylation is 1. The van der Waals surface area contributed by atoms with Crippen LogP contribution in [0.4, 0.5) is 11.7 Å². The Hall–Kier alpha value is -4.40. The summed E-state index contributed by atoms with van der Waals surface area (Å²) in [6, 6.07) is 21.7. The first-order valence-electron chi connectivity index (χ1n) is 11.6. The zero-order valence-corrected chi connectivity index (χ0v) is 20.1. The number of carboxylic acids is 1. The van der Waals surface area contributed by atoms with Gasteiger partial charge in [0.05, 0.1) is 11.5 Å². The molecule has 0 bridgehead atoms. The third-order valence-corrected chi connectivity index (χ3v) is 5.83. The lowest BCUT2D eigenvalue weighted by atomic mass is 10.1. The summed E-state index contributed by atoms with van der Waals surface area (Å²) in [6.07, 6.45) is 1.24. The first-order valence-corrected chi connectivity index (χ1v) is 11.6. The van der Waals surface area contributed by atoms with E-state index in [0.29, 0.717) is 47.8 Å². The lowest BCUT2D eigenvalue weighted by molar-refractivity contribution is -0.385. The third-order valence-electron chi connectivity index (χ3n) is 5.83. The van der Waals surface area contributed by atoms with E-state index >= 15 is 0 Å². The highest BCUT2D eigenvalue weighted by atomic mass is 16.6. The Morgan fingerprint density at radius 3 is 2.44 bits per heavy atom. The number of carbonyl (C=O) groups is 1. The Bertz CT molecular complexity index is 1350. The molecule has 0 atom stereocenters. The van der Waals surface area contributed by atoms with Gasteiger partial charge in [0, 0.05) is 18.2 Å². The van der Waals surface area contributed by atoms with Gasteiger partial charge in [0.1, 0.15) is 11.3 Å². The maximum atomic E-state index is 11.6. The number of aliphatic carboxylic acids is 1. The first kappa shape index (κ1) is 24.7. The number of para-hydroxylation sites is 4. The van der Waals surface area contributed by atoms with Gasteiger partial charge in [0.2, 0.25) is 0 Å². The molecule has 1 aromatic heterocycles. The van der Waals surface area contributed by atoms with E-state index in [9.17, 15) is 20.0 Å². The van der Waals surface area contributed by atoms with Crippen LogP contribution >= 0.6 is 0 Å². The van der Waals surface area contributed by atoms with Crippen molar-refractivity contribution in [1.82, 2.24) is 4.98 Å². The van der Waals surface area contributed by atoms with E-state index in [1.807, 2.05) is 41.3 Å². The van der Waals surface area contributed by atoms with E-state index in [-0.39, 0.29) is 12.2 Å². The highest BCUT2D eigenvalue weighted by Crippen LogP contribution is 2.28. The van der Waals surface area contributed by atoms with Crippen LogP contribution in [0.3, 0.4) is 0 Å². The van der Waals surface area contributed by atoms with E-state index in [1.54, 1.807) is 30.3 Å². The largest absolute Gasteiger partial charge is 0.478 e. The number of nitro benzene ring substituents is 1. The van der Waals surface area contributed by atoms with Gasteiger partial charge in [0.25, 0.3) is 11.7 Å². The molecule has 0 radical (unpaired) electrons. The highest BCUT2D eigenvalue weighted by molar-refractivity contribution is 5.77. The predicted molar refractivity (Wildman–Crippen MR) is 135 cm³/mol. The summed E-state index contributed by atoms with van der Waals surface area (Å²) in [5.74, 6) is -0.541. The second-order valence-corrected chi connectivity index (χ2v) is 8.90. The molecule has 36 heavy (non-hydrogen) atoms. The summed E-state index contributed by atoms with van der Waals surface area (Å²) in [5, 5.41) is 21.0. The second kappa shape index (κ2) is 10.5. The highest BCUT2D eigenvalue weighted by Gasteiger charge is 2.30. The molecule has 0 unspecified atom stereocenters. The van der Waals surface area contributed by atoms with Crippen LogP contribution < -0.4 is 9.64 Å².